The molecule has 0 bridgehead atoms. The number of carbonyl (C=O) groups is 1. The maximum absolute atomic E-state index is 12.4. The second kappa shape index (κ2) is 5.96. The van der Waals surface area contributed by atoms with Crippen LogP contribution in [-0.2, 0) is 6.42 Å². The third kappa shape index (κ3) is 2.88. The molecule has 3 heteroatoms. The average Bonchev–Trinajstić information content (AvgIpc) is 2.95. The predicted octanol–water partition coefficient (Wildman–Crippen LogP) is 3.07. The molecule has 1 fully saturated rings. The molecule has 108 valence electrons. The summed E-state index contributed by atoms with van der Waals surface area (Å²) in [5, 5.41) is 0. The van der Waals surface area contributed by atoms with Crippen molar-refractivity contribution in [3.63, 3.8) is 0 Å². The number of fused-ring (bicyclic) bond motifs is 1. The number of hydrogen-bond donors (Lipinski definition) is 0. The first-order valence-electron chi connectivity index (χ1n) is 7.73. The molecule has 0 N–H and O–H groups in total. The van der Waals surface area contributed by atoms with Gasteiger partial charge in [-0.25, -0.2) is 0 Å². The van der Waals surface area contributed by atoms with E-state index in [1.807, 2.05) is 18.2 Å². The first kappa shape index (κ1) is 13.6. The smallest absolute Gasteiger partial charge is 0.176 e. The number of likely N-dealkylation sites (N-methyl/N-ethyl adjacent to an activating group) is 1. The van der Waals surface area contributed by atoms with E-state index in [-0.39, 0.29) is 5.78 Å². The van der Waals surface area contributed by atoms with Gasteiger partial charge < -0.3 is 4.74 Å². The van der Waals surface area contributed by atoms with Gasteiger partial charge in [0.2, 0.25) is 0 Å². The van der Waals surface area contributed by atoms with Crippen molar-refractivity contribution in [3.8, 4) is 5.75 Å². The van der Waals surface area contributed by atoms with Crippen molar-refractivity contribution in [2.45, 2.75) is 44.6 Å². The molecule has 0 saturated heterocycles. The number of ether oxygens (including phenoxy) is 1. The van der Waals surface area contributed by atoms with Crippen molar-refractivity contribution in [2.24, 2.45) is 0 Å². The van der Waals surface area contributed by atoms with Gasteiger partial charge in [0, 0.05) is 18.0 Å². The van der Waals surface area contributed by atoms with E-state index in [4.69, 9.17) is 4.74 Å². The number of ketones is 1. The minimum absolute atomic E-state index is 0.229. The summed E-state index contributed by atoms with van der Waals surface area (Å²) in [6, 6.07) is 6.45. The number of Topliss-reactive ketones (excluding diaryl/α,β-unsaturated/α-hetero) is 1. The van der Waals surface area contributed by atoms with E-state index in [1.165, 1.54) is 37.7 Å². The van der Waals surface area contributed by atoms with Gasteiger partial charge in [0.1, 0.15) is 5.75 Å². The number of carbonyl (C=O) groups excluding carboxylic acids is 1. The van der Waals surface area contributed by atoms with E-state index in [1.54, 1.807) is 0 Å². The van der Waals surface area contributed by atoms with Gasteiger partial charge in [-0.2, -0.15) is 0 Å². The second-order valence-electron chi connectivity index (χ2n) is 6.05. The van der Waals surface area contributed by atoms with Gasteiger partial charge in [0.15, 0.2) is 5.78 Å². The van der Waals surface area contributed by atoms with Crippen LogP contribution in [0, 0.1) is 0 Å². The first-order chi connectivity index (χ1) is 9.74. The number of rotatable bonds is 4. The van der Waals surface area contributed by atoms with Gasteiger partial charge in [-0.3, -0.25) is 9.69 Å². The normalized spacial score (nSPS) is 18.9. The van der Waals surface area contributed by atoms with Gasteiger partial charge >= 0.3 is 0 Å². The van der Waals surface area contributed by atoms with Crippen LogP contribution >= 0.6 is 0 Å². The lowest BCUT2D eigenvalue weighted by Crippen LogP contribution is -2.37. The van der Waals surface area contributed by atoms with Crippen LogP contribution in [0.3, 0.4) is 0 Å². The third-order valence-electron chi connectivity index (χ3n) is 4.60. The van der Waals surface area contributed by atoms with Crippen LogP contribution in [0.2, 0.25) is 0 Å². The Morgan fingerprint density at radius 1 is 1.30 bits per heavy atom. The number of hydrogen-bond acceptors (Lipinski definition) is 3. The SMILES string of the molecule is CN(CC(=O)c1ccc2c(c1)CCO2)C1CCCCC1. The summed E-state index contributed by atoms with van der Waals surface area (Å²) >= 11 is 0. The Morgan fingerprint density at radius 2 is 2.10 bits per heavy atom. The van der Waals surface area contributed by atoms with Crippen LogP contribution in [-0.4, -0.2) is 36.9 Å². The molecule has 3 nitrogen and oxygen atoms in total. The molecule has 0 spiro atoms. The highest BCUT2D eigenvalue weighted by molar-refractivity contribution is 5.98. The molecule has 1 aliphatic carbocycles. The number of benzene rings is 1. The summed E-state index contributed by atoms with van der Waals surface area (Å²) in [5.74, 6) is 1.18. The van der Waals surface area contributed by atoms with Gasteiger partial charge in [0.05, 0.1) is 13.2 Å². The molecule has 2 aliphatic rings. The van der Waals surface area contributed by atoms with E-state index in [0.717, 1.165) is 24.3 Å². The van der Waals surface area contributed by atoms with Crippen molar-refractivity contribution in [3.05, 3.63) is 29.3 Å². The number of nitrogens with zero attached hydrogens (tertiary/aromatic N) is 1. The van der Waals surface area contributed by atoms with Crippen LogP contribution in [0.15, 0.2) is 18.2 Å². The molecule has 1 heterocycles. The standard InChI is InChI=1S/C17H23NO2/c1-18(15-5-3-2-4-6-15)12-16(19)13-7-8-17-14(11-13)9-10-20-17/h7-8,11,15H,2-6,9-10,12H2,1H3. The van der Waals surface area contributed by atoms with E-state index in [9.17, 15) is 4.79 Å². The quantitative estimate of drug-likeness (QED) is 0.790. The summed E-state index contributed by atoms with van der Waals surface area (Å²) in [4.78, 5) is 14.7. The van der Waals surface area contributed by atoms with Crippen LogP contribution in [0.25, 0.3) is 0 Å². The van der Waals surface area contributed by atoms with E-state index < -0.39 is 0 Å². The maximum Gasteiger partial charge on any atom is 0.176 e. The van der Waals surface area contributed by atoms with Crippen molar-refractivity contribution >= 4 is 5.78 Å². The van der Waals surface area contributed by atoms with Crippen LogP contribution < -0.4 is 4.74 Å². The maximum atomic E-state index is 12.4. The fourth-order valence-corrected chi connectivity index (χ4v) is 3.33. The van der Waals surface area contributed by atoms with Crippen LogP contribution in [0.4, 0.5) is 0 Å². The molecule has 0 amide bonds. The molecule has 0 radical (unpaired) electrons. The molecule has 1 aromatic carbocycles. The summed E-state index contributed by atoms with van der Waals surface area (Å²) in [6.45, 7) is 1.28. The van der Waals surface area contributed by atoms with Gasteiger partial charge in [-0.05, 0) is 43.7 Å². The third-order valence-corrected chi connectivity index (χ3v) is 4.60. The predicted molar refractivity (Wildman–Crippen MR) is 79.5 cm³/mol. The van der Waals surface area contributed by atoms with Crippen molar-refractivity contribution in [2.75, 3.05) is 20.2 Å². The Bertz CT molecular complexity index is 492. The zero-order valence-electron chi connectivity index (χ0n) is 12.2. The highest BCUT2D eigenvalue weighted by atomic mass is 16.5. The monoisotopic (exact) mass is 273 g/mol. The lowest BCUT2D eigenvalue weighted by molar-refractivity contribution is 0.0899. The first-order valence-corrected chi connectivity index (χ1v) is 7.73. The van der Waals surface area contributed by atoms with E-state index in [2.05, 4.69) is 11.9 Å². The molecule has 1 aromatic rings. The highest BCUT2D eigenvalue weighted by Gasteiger charge is 2.21. The lowest BCUT2D eigenvalue weighted by atomic mass is 9.94. The van der Waals surface area contributed by atoms with Gasteiger partial charge in [0.25, 0.3) is 0 Å². The van der Waals surface area contributed by atoms with Crippen molar-refractivity contribution < 1.29 is 9.53 Å². The Morgan fingerprint density at radius 3 is 2.90 bits per heavy atom. The minimum atomic E-state index is 0.229. The Balaban J connectivity index is 1.63. The Hall–Kier alpha value is -1.35. The second-order valence-corrected chi connectivity index (χ2v) is 6.05. The summed E-state index contributed by atoms with van der Waals surface area (Å²) in [7, 11) is 2.09. The Kier molecular flexibility index (Phi) is 4.06. The molecule has 0 unspecified atom stereocenters. The average molecular weight is 273 g/mol. The summed E-state index contributed by atoms with van der Waals surface area (Å²) in [5.41, 5.74) is 2.01. The van der Waals surface area contributed by atoms with Gasteiger partial charge in [-0.1, -0.05) is 19.3 Å². The zero-order chi connectivity index (χ0) is 13.9. The Labute approximate surface area is 120 Å². The fourth-order valence-electron chi connectivity index (χ4n) is 3.33. The topological polar surface area (TPSA) is 29.5 Å². The molecule has 0 atom stereocenters. The molecule has 3 rings (SSSR count). The minimum Gasteiger partial charge on any atom is -0.493 e. The van der Waals surface area contributed by atoms with E-state index >= 15 is 0 Å². The molecule has 20 heavy (non-hydrogen) atoms. The molecular formula is C17H23NO2. The molecule has 0 aromatic heterocycles. The largest absolute Gasteiger partial charge is 0.493 e. The van der Waals surface area contributed by atoms with E-state index in [0.29, 0.717) is 12.6 Å². The van der Waals surface area contributed by atoms with Crippen LogP contribution in [0.5, 0.6) is 5.75 Å². The summed E-state index contributed by atoms with van der Waals surface area (Å²) < 4.78 is 5.49. The zero-order valence-corrected chi connectivity index (χ0v) is 12.2. The molecule has 1 aliphatic heterocycles. The van der Waals surface area contributed by atoms with Gasteiger partial charge in [-0.15, -0.1) is 0 Å². The molecule has 1 saturated carbocycles. The van der Waals surface area contributed by atoms with Crippen molar-refractivity contribution in [1.82, 2.24) is 4.90 Å². The fraction of sp³-hybridized carbons (Fsp3) is 0.588. The highest BCUT2D eigenvalue weighted by Crippen LogP contribution is 2.26. The molecular weight excluding hydrogens is 250 g/mol. The van der Waals surface area contributed by atoms with Crippen LogP contribution in [0.1, 0.15) is 48.0 Å². The van der Waals surface area contributed by atoms with Crippen molar-refractivity contribution in [1.29, 1.82) is 0 Å². The lowest BCUT2D eigenvalue weighted by Gasteiger charge is -2.30. The summed E-state index contributed by atoms with van der Waals surface area (Å²) in [6.07, 6.45) is 7.36.